The summed E-state index contributed by atoms with van der Waals surface area (Å²) >= 11 is 8.82. The molecule has 0 radical (unpaired) electrons. The molecule has 0 aliphatic rings. The Morgan fingerprint density at radius 2 is 2.07 bits per heavy atom. The summed E-state index contributed by atoms with van der Waals surface area (Å²) in [5.41, 5.74) is 0.252. The summed E-state index contributed by atoms with van der Waals surface area (Å²) in [5.74, 6) is -0.474. The van der Waals surface area contributed by atoms with E-state index in [2.05, 4.69) is 15.9 Å². The minimum atomic E-state index is -0.474. The van der Waals surface area contributed by atoms with Crippen molar-refractivity contribution >= 4 is 27.5 Å². The van der Waals surface area contributed by atoms with Crippen LogP contribution in [0.1, 0.15) is 19.4 Å². The molecular weight excluding hydrogens is 270 g/mol. The van der Waals surface area contributed by atoms with Gasteiger partial charge in [-0.15, -0.1) is 0 Å². The fraction of sp³-hybridized carbons (Fsp3) is 0.400. The maximum absolute atomic E-state index is 13.3. The Kier molecular flexibility index (Phi) is 3.56. The van der Waals surface area contributed by atoms with E-state index in [-0.39, 0.29) is 11.6 Å². The second-order valence-electron chi connectivity index (χ2n) is 3.80. The van der Waals surface area contributed by atoms with Crippen molar-refractivity contribution in [3.05, 3.63) is 33.0 Å². The SMILES string of the molecule is CC(C)(CO)c1cc(F)c(Cl)c(Br)c1. The first-order valence-electron chi connectivity index (χ1n) is 4.14. The van der Waals surface area contributed by atoms with Crippen LogP contribution in [0.4, 0.5) is 4.39 Å². The minimum Gasteiger partial charge on any atom is -0.395 e. The molecule has 0 bridgehead atoms. The summed E-state index contributed by atoms with van der Waals surface area (Å²) in [6.07, 6.45) is 0. The van der Waals surface area contributed by atoms with Crippen molar-refractivity contribution in [1.29, 1.82) is 0 Å². The van der Waals surface area contributed by atoms with Crippen LogP contribution in [0.25, 0.3) is 0 Å². The summed E-state index contributed by atoms with van der Waals surface area (Å²) in [6, 6.07) is 3.07. The highest BCUT2D eigenvalue weighted by molar-refractivity contribution is 9.10. The van der Waals surface area contributed by atoms with E-state index in [0.717, 1.165) is 0 Å². The van der Waals surface area contributed by atoms with Gasteiger partial charge in [-0.25, -0.2) is 4.39 Å². The first-order chi connectivity index (χ1) is 6.38. The van der Waals surface area contributed by atoms with Crippen LogP contribution in [0.2, 0.25) is 5.02 Å². The molecule has 78 valence electrons. The van der Waals surface area contributed by atoms with Gasteiger partial charge in [-0.1, -0.05) is 25.4 Å². The van der Waals surface area contributed by atoms with Crippen LogP contribution in [0.3, 0.4) is 0 Å². The highest BCUT2D eigenvalue weighted by Crippen LogP contribution is 2.32. The van der Waals surface area contributed by atoms with E-state index < -0.39 is 11.2 Å². The van der Waals surface area contributed by atoms with Crippen LogP contribution >= 0.6 is 27.5 Å². The molecule has 1 rings (SSSR count). The fourth-order valence-corrected chi connectivity index (χ4v) is 1.58. The molecule has 0 aliphatic heterocycles. The summed E-state index contributed by atoms with van der Waals surface area (Å²) in [4.78, 5) is 0. The van der Waals surface area contributed by atoms with Crippen LogP contribution < -0.4 is 0 Å². The van der Waals surface area contributed by atoms with Crippen molar-refractivity contribution in [3.63, 3.8) is 0 Å². The number of benzene rings is 1. The summed E-state index contributed by atoms with van der Waals surface area (Å²) in [5, 5.41) is 9.20. The van der Waals surface area contributed by atoms with Crippen LogP contribution in [0.15, 0.2) is 16.6 Å². The van der Waals surface area contributed by atoms with Crippen LogP contribution in [0, 0.1) is 5.82 Å². The molecule has 4 heteroatoms. The Morgan fingerprint density at radius 1 is 1.50 bits per heavy atom. The van der Waals surface area contributed by atoms with Crippen LogP contribution in [-0.2, 0) is 5.41 Å². The molecule has 0 heterocycles. The third-order valence-corrected chi connectivity index (χ3v) is 3.40. The largest absolute Gasteiger partial charge is 0.395 e. The van der Waals surface area contributed by atoms with E-state index in [0.29, 0.717) is 10.0 Å². The molecule has 0 saturated carbocycles. The van der Waals surface area contributed by atoms with Crippen molar-refractivity contribution < 1.29 is 9.50 Å². The molecule has 0 unspecified atom stereocenters. The zero-order valence-corrected chi connectivity index (χ0v) is 10.3. The van der Waals surface area contributed by atoms with Gasteiger partial charge < -0.3 is 5.11 Å². The smallest absolute Gasteiger partial charge is 0.143 e. The molecule has 0 fully saturated rings. The van der Waals surface area contributed by atoms with Gasteiger partial charge in [0.25, 0.3) is 0 Å². The lowest BCUT2D eigenvalue weighted by molar-refractivity contribution is 0.218. The number of aliphatic hydroxyl groups is 1. The first-order valence-corrected chi connectivity index (χ1v) is 5.31. The lowest BCUT2D eigenvalue weighted by Gasteiger charge is -2.22. The average Bonchev–Trinajstić information content (AvgIpc) is 2.13. The topological polar surface area (TPSA) is 20.2 Å². The summed E-state index contributed by atoms with van der Waals surface area (Å²) in [6.45, 7) is 3.63. The quantitative estimate of drug-likeness (QED) is 0.823. The van der Waals surface area contributed by atoms with E-state index in [4.69, 9.17) is 16.7 Å². The van der Waals surface area contributed by atoms with Crippen molar-refractivity contribution in [2.45, 2.75) is 19.3 Å². The number of halogens is 3. The Balaban J connectivity index is 3.26. The maximum atomic E-state index is 13.3. The van der Waals surface area contributed by atoms with Crippen molar-refractivity contribution in [2.24, 2.45) is 0 Å². The van der Waals surface area contributed by atoms with Crippen LogP contribution in [-0.4, -0.2) is 11.7 Å². The molecule has 1 N–H and O–H groups in total. The maximum Gasteiger partial charge on any atom is 0.143 e. The number of aliphatic hydroxyl groups excluding tert-OH is 1. The monoisotopic (exact) mass is 280 g/mol. The first kappa shape index (κ1) is 12.0. The van der Waals surface area contributed by atoms with Gasteiger partial charge in [-0.05, 0) is 33.6 Å². The number of rotatable bonds is 2. The van der Waals surface area contributed by atoms with Gasteiger partial charge in [-0.2, -0.15) is 0 Å². The second kappa shape index (κ2) is 4.17. The zero-order chi connectivity index (χ0) is 10.9. The predicted octanol–water partition coefficient (Wildman–Crippen LogP) is 3.51. The van der Waals surface area contributed by atoms with E-state index >= 15 is 0 Å². The zero-order valence-electron chi connectivity index (χ0n) is 7.94. The molecule has 0 aliphatic carbocycles. The normalized spacial score (nSPS) is 11.9. The molecular formula is C10H11BrClFO. The minimum absolute atomic E-state index is 0.0412. The fourth-order valence-electron chi connectivity index (χ4n) is 1.04. The average molecular weight is 282 g/mol. The molecule has 0 atom stereocenters. The molecule has 0 amide bonds. The molecule has 1 aromatic rings. The highest BCUT2D eigenvalue weighted by Gasteiger charge is 2.21. The van der Waals surface area contributed by atoms with Crippen molar-refractivity contribution in [2.75, 3.05) is 6.61 Å². The standard InChI is InChI=1S/C10H11BrClFO/c1-10(2,5-14)6-3-7(11)9(12)8(13)4-6/h3-4,14H,5H2,1-2H3. The molecule has 0 saturated heterocycles. The Morgan fingerprint density at radius 3 is 2.50 bits per heavy atom. The van der Waals surface area contributed by atoms with Crippen molar-refractivity contribution in [3.8, 4) is 0 Å². The summed E-state index contributed by atoms with van der Waals surface area (Å²) < 4.78 is 13.8. The molecule has 1 aromatic carbocycles. The Hall–Kier alpha value is -0.120. The Labute approximate surface area is 96.0 Å². The van der Waals surface area contributed by atoms with E-state index in [9.17, 15) is 4.39 Å². The van der Waals surface area contributed by atoms with Gasteiger partial charge in [0, 0.05) is 9.89 Å². The van der Waals surface area contributed by atoms with E-state index in [1.54, 1.807) is 6.07 Å². The van der Waals surface area contributed by atoms with Gasteiger partial charge >= 0.3 is 0 Å². The Bertz CT molecular complexity index is 329. The van der Waals surface area contributed by atoms with Gasteiger partial charge in [0.15, 0.2) is 0 Å². The molecule has 1 nitrogen and oxygen atoms in total. The molecule has 0 spiro atoms. The third-order valence-electron chi connectivity index (χ3n) is 2.16. The van der Waals surface area contributed by atoms with Gasteiger partial charge in [0.05, 0.1) is 11.6 Å². The molecule has 0 aromatic heterocycles. The second-order valence-corrected chi connectivity index (χ2v) is 5.03. The van der Waals surface area contributed by atoms with E-state index in [1.807, 2.05) is 13.8 Å². The third kappa shape index (κ3) is 2.27. The highest BCUT2D eigenvalue weighted by atomic mass is 79.9. The lowest BCUT2D eigenvalue weighted by atomic mass is 9.86. The molecule has 14 heavy (non-hydrogen) atoms. The van der Waals surface area contributed by atoms with Crippen molar-refractivity contribution in [1.82, 2.24) is 0 Å². The van der Waals surface area contributed by atoms with Crippen LogP contribution in [0.5, 0.6) is 0 Å². The van der Waals surface area contributed by atoms with E-state index in [1.165, 1.54) is 6.07 Å². The lowest BCUT2D eigenvalue weighted by Crippen LogP contribution is -2.22. The van der Waals surface area contributed by atoms with Gasteiger partial charge in [0.1, 0.15) is 5.82 Å². The van der Waals surface area contributed by atoms with Gasteiger partial charge in [-0.3, -0.25) is 0 Å². The predicted molar refractivity (Wildman–Crippen MR) is 59.2 cm³/mol. The van der Waals surface area contributed by atoms with Gasteiger partial charge in [0.2, 0.25) is 0 Å². The summed E-state index contributed by atoms with van der Waals surface area (Å²) in [7, 11) is 0. The number of hydrogen-bond donors (Lipinski definition) is 1. The number of hydrogen-bond acceptors (Lipinski definition) is 1.